The highest BCUT2D eigenvalue weighted by atomic mass is 32.1. The molecular weight excluding hydrogens is 342 g/mol. The van der Waals surface area contributed by atoms with Gasteiger partial charge in [0.25, 0.3) is 0 Å². The lowest BCUT2D eigenvalue weighted by atomic mass is 10.1. The number of piperidine rings is 1. The highest BCUT2D eigenvalue weighted by Crippen LogP contribution is 2.32. The van der Waals surface area contributed by atoms with Gasteiger partial charge in [0.05, 0.1) is 12.7 Å². The SMILES string of the molecule is CCCN1CCC(NC(=S)Nc2sc(C)c(C)c2C(=O)OC)CC1. The van der Waals surface area contributed by atoms with Crippen LogP contribution in [0.4, 0.5) is 5.00 Å². The fourth-order valence-corrected chi connectivity index (χ4v) is 4.39. The molecule has 1 saturated heterocycles. The van der Waals surface area contributed by atoms with E-state index in [9.17, 15) is 4.79 Å². The molecule has 7 heteroatoms. The molecule has 2 rings (SSSR count). The van der Waals surface area contributed by atoms with Crippen LogP contribution < -0.4 is 10.6 Å². The molecule has 0 saturated carbocycles. The van der Waals surface area contributed by atoms with Crippen LogP contribution in [0.1, 0.15) is 47.0 Å². The number of anilines is 1. The smallest absolute Gasteiger partial charge is 0.341 e. The summed E-state index contributed by atoms with van der Waals surface area (Å²) in [6.07, 6.45) is 3.38. The maximum absolute atomic E-state index is 12.0. The van der Waals surface area contributed by atoms with E-state index in [4.69, 9.17) is 17.0 Å². The van der Waals surface area contributed by atoms with Gasteiger partial charge >= 0.3 is 5.97 Å². The maximum atomic E-state index is 12.0. The molecular formula is C17H27N3O2S2. The highest BCUT2D eigenvalue weighted by Gasteiger charge is 2.22. The predicted molar refractivity (Wildman–Crippen MR) is 104 cm³/mol. The zero-order chi connectivity index (χ0) is 17.7. The molecule has 0 aromatic carbocycles. The summed E-state index contributed by atoms with van der Waals surface area (Å²) in [5.74, 6) is -0.324. The molecule has 0 amide bonds. The number of rotatable bonds is 5. The van der Waals surface area contributed by atoms with Gasteiger partial charge in [0.15, 0.2) is 5.11 Å². The Labute approximate surface area is 153 Å². The van der Waals surface area contributed by atoms with Gasteiger partial charge in [-0.15, -0.1) is 11.3 Å². The summed E-state index contributed by atoms with van der Waals surface area (Å²) in [4.78, 5) is 15.6. The number of thiocarbonyl (C=S) groups is 1. The van der Waals surface area contributed by atoms with Crippen molar-refractivity contribution in [3.05, 3.63) is 16.0 Å². The highest BCUT2D eigenvalue weighted by molar-refractivity contribution is 7.80. The standard InChI is InChI=1S/C17H27N3O2S2/c1-5-8-20-9-6-13(7-10-20)18-17(23)19-15-14(16(21)22-4)11(2)12(3)24-15/h13H,5-10H2,1-4H3,(H2,18,19,23). The Morgan fingerprint density at radius 3 is 2.62 bits per heavy atom. The van der Waals surface area contributed by atoms with Crippen LogP contribution in [-0.4, -0.2) is 48.8 Å². The van der Waals surface area contributed by atoms with Crippen molar-refractivity contribution in [1.82, 2.24) is 10.2 Å². The summed E-state index contributed by atoms with van der Waals surface area (Å²) in [6.45, 7) is 9.54. The van der Waals surface area contributed by atoms with Gasteiger partial charge in [-0.05, 0) is 57.4 Å². The third-order valence-corrected chi connectivity index (χ3v) is 5.81. The van der Waals surface area contributed by atoms with E-state index in [1.54, 1.807) is 0 Å². The number of aryl methyl sites for hydroxylation is 1. The number of nitrogens with zero attached hydrogens (tertiary/aromatic N) is 1. The van der Waals surface area contributed by atoms with E-state index in [1.807, 2.05) is 13.8 Å². The predicted octanol–water partition coefficient (Wildman–Crippen LogP) is 3.31. The van der Waals surface area contributed by atoms with Crippen molar-refractivity contribution in [2.24, 2.45) is 0 Å². The first-order valence-corrected chi connectivity index (χ1v) is 9.66. The first-order chi connectivity index (χ1) is 11.5. The van der Waals surface area contributed by atoms with Crippen LogP contribution >= 0.6 is 23.6 Å². The molecule has 0 spiro atoms. The number of carbonyl (C=O) groups is 1. The Balaban J connectivity index is 1.94. The van der Waals surface area contributed by atoms with Crippen molar-refractivity contribution in [1.29, 1.82) is 0 Å². The summed E-state index contributed by atoms with van der Waals surface area (Å²) in [7, 11) is 1.40. The molecule has 2 N–H and O–H groups in total. The Morgan fingerprint density at radius 2 is 2.04 bits per heavy atom. The zero-order valence-electron chi connectivity index (χ0n) is 14.9. The van der Waals surface area contributed by atoms with E-state index < -0.39 is 0 Å². The fourth-order valence-electron chi connectivity index (χ4n) is 3.00. The number of nitrogens with one attached hydrogen (secondary N) is 2. The lowest BCUT2D eigenvalue weighted by molar-refractivity contribution is 0.0601. The monoisotopic (exact) mass is 369 g/mol. The van der Waals surface area contributed by atoms with Crippen molar-refractivity contribution >= 4 is 39.6 Å². The quantitative estimate of drug-likeness (QED) is 0.613. The number of hydrogen-bond donors (Lipinski definition) is 2. The van der Waals surface area contributed by atoms with Crippen LogP contribution in [0.25, 0.3) is 0 Å². The van der Waals surface area contributed by atoms with Gasteiger partial charge in [0.2, 0.25) is 0 Å². The van der Waals surface area contributed by atoms with Crippen molar-refractivity contribution in [2.75, 3.05) is 32.1 Å². The van der Waals surface area contributed by atoms with Crippen LogP contribution in [-0.2, 0) is 4.74 Å². The Kier molecular flexibility index (Phi) is 7.01. The first-order valence-electron chi connectivity index (χ1n) is 8.44. The van der Waals surface area contributed by atoms with Crippen molar-refractivity contribution in [3.63, 3.8) is 0 Å². The number of carbonyl (C=O) groups excluding carboxylic acids is 1. The second-order valence-electron chi connectivity index (χ2n) is 6.19. The molecule has 1 aliphatic heterocycles. The molecule has 1 aromatic rings. The topological polar surface area (TPSA) is 53.6 Å². The molecule has 1 fully saturated rings. The molecule has 5 nitrogen and oxygen atoms in total. The lowest BCUT2D eigenvalue weighted by Crippen LogP contribution is -2.46. The van der Waals surface area contributed by atoms with Crippen LogP contribution in [0, 0.1) is 13.8 Å². The molecule has 24 heavy (non-hydrogen) atoms. The Hall–Kier alpha value is -1.18. The lowest BCUT2D eigenvalue weighted by Gasteiger charge is -2.32. The molecule has 0 radical (unpaired) electrons. The minimum atomic E-state index is -0.324. The number of likely N-dealkylation sites (tertiary alicyclic amines) is 1. The van der Waals surface area contributed by atoms with Gasteiger partial charge in [0, 0.05) is 24.0 Å². The third-order valence-electron chi connectivity index (χ3n) is 4.46. The van der Waals surface area contributed by atoms with Gasteiger partial charge in [0.1, 0.15) is 5.00 Å². The molecule has 2 heterocycles. The van der Waals surface area contributed by atoms with Crippen molar-refractivity contribution in [3.8, 4) is 0 Å². The maximum Gasteiger partial charge on any atom is 0.341 e. The van der Waals surface area contributed by atoms with E-state index in [2.05, 4.69) is 22.5 Å². The number of esters is 1. The minimum absolute atomic E-state index is 0.324. The normalized spacial score (nSPS) is 16.0. The van der Waals surface area contributed by atoms with Crippen molar-refractivity contribution in [2.45, 2.75) is 46.1 Å². The minimum Gasteiger partial charge on any atom is -0.465 e. The fraction of sp³-hybridized carbons (Fsp3) is 0.647. The van der Waals surface area contributed by atoms with Crippen LogP contribution in [0.15, 0.2) is 0 Å². The van der Waals surface area contributed by atoms with Gasteiger partial charge in [-0.25, -0.2) is 4.79 Å². The van der Waals surface area contributed by atoms with Crippen LogP contribution in [0.5, 0.6) is 0 Å². The van der Waals surface area contributed by atoms with E-state index in [0.29, 0.717) is 16.7 Å². The van der Waals surface area contributed by atoms with Gasteiger partial charge in [-0.1, -0.05) is 6.92 Å². The molecule has 0 aliphatic carbocycles. The van der Waals surface area contributed by atoms with E-state index in [-0.39, 0.29) is 5.97 Å². The zero-order valence-corrected chi connectivity index (χ0v) is 16.5. The number of methoxy groups -OCH3 is 1. The first kappa shape index (κ1) is 19.1. The summed E-state index contributed by atoms with van der Waals surface area (Å²) in [5.41, 5.74) is 1.53. The van der Waals surface area contributed by atoms with Gasteiger partial charge in [-0.3, -0.25) is 0 Å². The average Bonchev–Trinajstić information content (AvgIpc) is 2.83. The number of ether oxygens (including phenoxy) is 1. The van der Waals surface area contributed by atoms with Gasteiger partial charge in [-0.2, -0.15) is 0 Å². The number of hydrogen-bond acceptors (Lipinski definition) is 5. The van der Waals surface area contributed by atoms with Crippen LogP contribution in [0.2, 0.25) is 0 Å². The van der Waals surface area contributed by atoms with E-state index in [0.717, 1.165) is 41.4 Å². The van der Waals surface area contributed by atoms with Crippen LogP contribution in [0.3, 0.4) is 0 Å². The van der Waals surface area contributed by atoms with E-state index in [1.165, 1.54) is 31.4 Å². The second kappa shape index (κ2) is 8.78. The third kappa shape index (κ3) is 4.68. The molecule has 0 atom stereocenters. The molecule has 0 bridgehead atoms. The Morgan fingerprint density at radius 1 is 1.38 bits per heavy atom. The molecule has 134 valence electrons. The van der Waals surface area contributed by atoms with Gasteiger partial charge < -0.3 is 20.3 Å². The average molecular weight is 370 g/mol. The largest absolute Gasteiger partial charge is 0.465 e. The molecule has 0 unspecified atom stereocenters. The van der Waals surface area contributed by atoms with Crippen molar-refractivity contribution < 1.29 is 9.53 Å². The second-order valence-corrected chi connectivity index (χ2v) is 7.83. The molecule has 1 aliphatic rings. The summed E-state index contributed by atoms with van der Waals surface area (Å²) < 4.78 is 4.90. The van der Waals surface area contributed by atoms with E-state index >= 15 is 0 Å². The molecule has 1 aromatic heterocycles. The summed E-state index contributed by atoms with van der Waals surface area (Å²) in [5, 5.41) is 7.93. The summed E-state index contributed by atoms with van der Waals surface area (Å²) in [6, 6.07) is 0.391. The summed E-state index contributed by atoms with van der Waals surface area (Å²) >= 11 is 6.99. The Bertz CT molecular complexity index is 593. The number of thiophene rings is 1.